The van der Waals surface area contributed by atoms with Crippen molar-refractivity contribution < 1.29 is 14.3 Å². The van der Waals surface area contributed by atoms with Crippen molar-refractivity contribution >= 4 is 23.3 Å². The maximum Gasteiger partial charge on any atom is 0.316 e. The van der Waals surface area contributed by atoms with Gasteiger partial charge in [-0.25, -0.2) is 4.79 Å². The Morgan fingerprint density at radius 1 is 1.04 bits per heavy atom. The number of amides is 3. The van der Waals surface area contributed by atoms with Crippen molar-refractivity contribution in [2.24, 2.45) is 5.73 Å². The lowest BCUT2D eigenvalue weighted by Crippen LogP contribution is -2.19. The molecule has 0 fully saturated rings. The first-order chi connectivity index (χ1) is 11.5. The van der Waals surface area contributed by atoms with E-state index in [0.29, 0.717) is 11.4 Å². The molecule has 2 rings (SSSR count). The van der Waals surface area contributed by atoms with Gasteiger partial charge in [-0.1, -0.05) is 18.2 Å². The van der Waals surface area contributed by atoms with E-state index in [1.165, 1.54) is 0 Å². The number of nitrogens with one attached hydrogen (secondary N) is 2. The van der Waals surface area contributed by atoms with E-state index in [-0.39, 0.29) is 18.9 Å². The Morgan fingerprint density at radius 2 is 1.71 bits per heavy atom. The van der Waals surface area contributed by atoms with Crippen LogP contribution in [0, 0.1) is 13.8 Å². The molecule has 6 heteroatoms. The molecular formula is C18H21N3O3. The van der Waals surface area contributed by atoms with Crippen LogP contribution in [0.25, 0.3) is 0 Å². The number of carbonyl (C=O) groups excluding carboxylic acids is 2. The number of hydrogen-bond acceptors (Lipinski definition) is 3. The lowest BCUT2D eigenvalue weighted by Gasteiger charge is -2.11. The molecular weight excluding hydrogens is 306 g/mol. The average molecular weight is 327 g/mol. The number of rotatable bonds is 6. The van der Waals surface area contributed by atoms with Crippen LogP contribution in [-0.4, -0.2) is 18.5 Å². The number of nitrogens with two attached hydrogens (primary N) is 1. The second kappa shape index (κ2) is 8.01. The maximum atomic E-state index is 12.0. The molecule has 0 radical (unpaired) electrons. The number of urea groups is 1. The van der Waals surface area contributed by atoms with Crippen molar-refractivity contribution in [3.63, 3.8) is 0 Å². The standard InChI is InChI=1S/C18H21N3O3/c1-12-5-3-8-16(13(12)2)24-10-9-17(22)20-14-6-4-7-15(11-14)21-18(19)23/h3-8,11H,9-10H2,1-2H3,(H,20,22)(H3,19,21,23). The summed E-state index contributed by atoms with van der Waals surface area (Å²) in [5.41, 5.74) is 8.39. The highest BCUT2D eigenvalue weighted by Crippen LogP contribution is 2.20. The van der Waals surface area contributed by atoms with Crippen LogP contribution in [0.3, 0.4) is 0 Å². The van der Waals surface area contributed by atoms with Crippen molar-refractivity contribution in [2.45, 2.75) is 20.3 Å². The van der Waals surface area contributed by atoms with Crippen LogP contribution in [0.1, 0.15) is 17.5 Å². The zero-order chi connectivity index (χ0) is 17.5. The van der Waals surface area contributed by atoms with Gasteiger partial charge in [-0.3, -0.25) is 4.79 Å². The summed E-state index contributed by atoms with van der Waals surface area (Å²) in [6, 6.07) is 11.9. The van der Waals surface area contributed by atoms with E-state index in [2.05, 4.69) is 10.6 Å². The molecule has 0 saturated heterocycles. The quantitative estimate of drug-likeness (QED) is 0.760. The average Bonchev–Trinajstić information content (AvgIpc) is 2.51. The third-order valence-corrected chi connectivity index (χ3v) is 3.56. The van der Waals surface area contributed by atoms with Crippen molar-refractivity contribution in [1.29, 1.82) is 0 Å². The maximum absolute atomic E-state index is 12.0. The molecule has 0 aliphatic rings. The van der Waals surface area contributed by atoms with Crippen molar-refractivity contribution in [2.75, 3.05) is 17.2 Å². The SMILES string of the molecule is Cc1cccc(OCCC(=O)Nc2cccc(NC(N)=O)c2)c1C. The van der Waals surface area contributed by atoms with Crippen LogP contribution in [0.5, 0.6) is 5.75 Å². The number of anilines is 2. The van der Waals surface area contributed by atoms with Gasteiger partial charge in [0.15, 0.2) is 0 Å². The van der Waals surface area contributed by atoms with Crippen LogP contribution in [0.15, 0.2) is 42.5 Å². The van der Waals surface area contributed by atoms with Crippen LogP contribution in [0.2, 0.25) is 0 Å². The van der Waals surface area contributed by atoms with Crippen LogP contribution in [0.4, 0.5) is 16.2 Å². The fourth-order valence-electron chi connectivity index (χ4n) is 2.17. The van der Waals surface area contributed by atoms with Gasteiger partial charge >= 0.3 is 6.03 Å². The zero-order valence-corrected chi connectivity index (χ0v) is 13.8. The topological polar surface area (TPSA) is 93.4 Å². The molecule has 0 bridgehead atoms. The molecule has 2 aromatic carbocycles. The number of primary amides is 1. The summed E-state index contributed by atoms with van der Waals surface area (Å²) in [4.78, 5) is 22.8. The summed E-state index contributed by atoms with van der Waals surface area (Å²) in [7, 11) is 0. The summed E-state index contributed by atoms with van der Waals surface area (Å²) in [5.74, 6) is 0.618. The van der Waals surface area contributed by atoms with Gasteiger partial charge in [-0.15, -0.1) is 0 Å². The minimum atomic E-state index is -0.652. The van der Waals surface area contributed by atoms with Crippen molar-refractivity contribution in [1.82, 2.24) is 0 Å². The van der Waals surface area contributed by atoms with Crippen molar-refractivity contribution in [3.8, 4) is 5.75 Å². The van der Waals surface area contributed by atoms with Crippen molar-refractivity contribution in [3.05, 3.63) is 53.6 Å². The third kappa shape index (κ3) is 5.01. The molecule has 6 nitrogen and oxygen atoms in total. The minimum absolute atomic E-state index is 0.170. The predicted octanol–water partition coefficient (Wildman–Crippen LogP) is 3.20. The molecule has 3 amide bonds. The second-order valence-electron chi connectivity index (χ2n) is 5.41. The van der Waals surface area contributed by atoms with E-state index in [4.69, 9.17) is 10.5 Å². The lowest BCUT2D eigenvalue weighted by atomic mass is 10.1. The largest absolute Gasteiger partial charge is 0.493 e. The smallest absolute Gasteiger partial charge is 0.316 e. The summed E-state index contributed by atoms with van der Waals surface area (Å²) >= 11 is 0. The fraction of sp³-hybridized carbons (Fsp3) is 0.222. The highest BCUT2D eigenvalue weighted by atomic mass is 16.5. The van der Waals surface area contributed by atoms with E-state index >= 15 is 0 Å². The minimum Gasteiger partial charge on any atom is -0.493 e. The van der Waals surface area contributed by atoms with Gasteiger partial charge in [0.05, 0.1) is 13.0 Å². The Bertz CT molecular complexity index is 744. The first kappa shape index (κ1) is 17.3. The predicted molar refractivity (Wildman–Crippen MR) is 94.3 cm³/mol. The first-order valence-corrected chi connectivity index (χ1v) is 7.61. The number of aryl methyl sites for hydroxylation is 1. The van der Waals surface area contributed by atoms with Gasteiger partial charge in [0.25, 0.3) is 0 Å². The summed E-state index contributed by atoms with van der Waals surface area (Å²) in [6.45, 7) is 4.29. The molecule has 0 saturated carbocycles. The molecule has 24 heavy (non-hydrogen) atoms. The van der Waals surface area contributed by atoms with E-state index in [1.807, 2.05) is 32.0 Å². The molecule has 0 unspecified atom stereocenters. The molecule has 2 aromatic rings. The van der Waals surface area contributed by atoms with Gasteiger partial charge in [-0.05, 0) is 49.2 Å². The molecule has 126 valence electrons. The highest BCUT2D eigenvalue weighted by molar-refractivity contribution is 5.93. The van der Waals surface area contributed by atoms with Crippen LogP contribution < -0.4 is 21.1 Å². The molecule has 0 aromatic heterocycles. The lowest BCUT2D eigenvalue weighted by molar-refractivity contribution is -0.116. The number of ether oxygens (including phenoxy) is 1. The van der Waals surface area contributed by atoms with E-state index < -0.39 is 6.03 Å². The van der Waals surface area contributed by atoms with Gasteiger partial charge in [0.2, 0.25) is 5.91 Å². The van der Waals surface area contributed by atoms with Crippen LogP contribution in [-0.2, 0) is 4.79 Å². The van der Waals surface area contributed by atoms with Gasteiger partial charge in [0, 0.05) is 11.4 Å². The second-order valence-corrected chi connectivity index (χ2v) is 5.41. The Kier molecular flexibility index (Phi) is 5.78. The Labute approximate surface area is 141 Å². The fourth-order valence-corrected chi connectivity index (χ4v) is 2.17. The van der Waals surface area contributed by atoms with E-state index in [1.54, 1.807) is 24.3 Å². The molecule has 0 aliphatic carbocycles. The molecule has 4 N–H and O–H groups in total. The van der Waals surface area contributed by atoms with Gasteiger partial charge in [-0.2, -0.15) is 0 Å². The summed E-state index contributed by atoms with van der Waals surface area (Å²) in [5, 5.41) is 5.21. The number of hydrogen-bond donors (Lipinski definition) is 3. The molecule has 0 aliphatic heterocycles. The molecule has 0 heterocycles. The molecule has 0 atom stereocenters. The van der Waals surface area contributed by atoms with E-state index in [9.17, 15) is 9.59 Å². The number of carbonyl (C=O) groups is 2. The number of benzene rings is 2. The Morgan fingerprint density at radius 3 is 2.42 bits per heavy atom. The third-order valence-electron chi connectivity index (χ3n) is 3.56. The van der Waals surface area contributed by atoms with E-state index in [0.717, 1.165) is 16.9 Å². The van der Waals surface area contributed by atoms with Gasteiger partial charge < -0.3 is 21.1 Å². The Balaban J connectivity index is 1.85. The highest BCUT2D eigenvalue weighted by Gasteiger charge is 2.06. The Hall–Kier alpha value is -3.02. The molecule has 0 spiro atoms. The summed E-state index contributed by atoms with van der Waals surface area (Å²) in [6.07, 6.45) is 0.223. The first-order valence-electron chi connectivity index (χ1n) is 7.61. The zero-order valence-electron chi connectivity index (χ0n) is 13.8. The summed E-state index contributed by atoms with van der Waals surface area (Å²) < 4.78 is 5.67. The normalized spacial score (nSPS) is 10.1. The van der Waals surface area contributed by atoms with Gasteiger partial charge in [0.1, 0.15) is 5.75 Å². The van der Waals surface area contributed by atoms with Crippen LogP contribution >= 0.6 is 0 Å². The monoisotopic (exact) mass is 327 g/mol.